The molecule has 6 heterocycles. The fraction of sp³-hybridized carbons (Fsp3) is 0.510. The Bertz CT molecular complexity index is 2450. The predicted octanol–water partition coefficient (Wildman–Crippen LogP) is 4.75. The molecule has 17 nitrogen and oxygen atoms in total. The van der Waals surface area contributed by atoms with E-state index in [0.717, 1.165) is 40.8 Å². The molecule has 6 aliphatic heterocycles. The van der Waals surface area contributed by atoms with Gasteiger partial charge in [0, 0.05) is 81.1 Å². The smallest absolute Gasteiger partial charge is 0.411 e. The van der Waals surface area contributed by atoms with Crippen molar-refractivity contribution in [3.63, 3.8) is 0 Å². The van der Waals surface area contributed by atoms with Gasteiger partial charge in [0.2, 0.25) is 0 Å². The van der Waals surface area contributed by atoms with Crippen LogP contribution < -0.4 is 33.5 Å². The average molecular weight is 947 g/mol. The van der Waals surface area contributed by atoms with Crippen molar-refractivity contribution in [1.29, 1.82) is 0 Å². The third kappa shape index (κ3) is 9.63. The topological polar surface area (TPSA) is 170 Å². The Kier molecular flexibility index (Phi) is 14.2. The van der Waals surface area contributed by atoms with Crippen LogP contribution in [0.15, 0.2) is 66.8 Å². The first-order valence-electron chi connectivity index (χ1n) is 24.3. The monoisotopic (exact) mass is 946 g/mol. The third-order valence-electron chi connectivity index (χ3n) is 14.6. The first-order valence-corrected chi connectivity index (χ1v) is 24.3. The lowest BCUT2D eigenvalue weighted by molar-refractivity contribution is -0.194. The van der Waals surface area contributed by atoms with Crippen molar-refractivity contribution in [2.24, 2.45) is 0 Å². The molecule has 3 N–H and O–H groups in total. The van der Waals surface area contributed by atoms with E-state index >= 15 is 0 Å². The molecule has 3 aromatic carbocycles. The van der Waals surface area contributed by atoms with Crippen LogP contribution in [0.1, 0.15) is 70.9 Å². The van der Waals surface area contributed by atoms with Crippen molar-refractivity contribution in [3.05, 3.63) is 89.0 Å². The van der Waals surface area contributed by atoms with E-state index in [-0.39, 0.29) is 37.1 Å². The minimum Gasteiger partial charge on any atom is -0.493 e. The molecule has 5 atom stereocenters. The number of benzene rings is 3. The molecule has 20 heteroatoms. The van der Waals surface area contributed by atoms with Crippen LogP contribution in [0.2, 0.25) is 20.5 Å². The highest BCUT2D eigenvalue weighted by molar-refractivity contribution is 6.54. The number of nitrogens with zero attached hydrogens (tertiary/aromatic N) is 6. The Hall–Kier alpha value is -5.37. The summed E-state index contributed by atoms with van der Waals surface area (Å²) in [5.74, 6) is 1.16. The maximum atomic E-state index is 14.4. The maximum absolute atomic E-state index is 14.4. The Morgan fingerprint density at radius 1 is 0.681 bits per heavy atom. The first kappa shape index (κ1) is 48.6. The van der Waals surface area contributed by atoms with Crippen molar-refractivity contribution >= 4 is 50.0 Å². The first-order chi connectivity index (χ1) is 33.1. The van der Waals surface area contributed by atoms with Gasteiger partial charge < -0.3 is 72.6 Å². The number of fused-ring (bicyclic) bond motifs is 4. The van der Waals surface area contributed by atoms with Gasteiger partial charge in [0.05, 0.1) is 37.4 Å². The fourth-order valence-corrected chi connectivity index (χ4v) is 11.1. The van der Waals surface area contributed by atoms with Crippen LogP contribution in [0.3, 0.4) is 0 Å². The summed E-state index contributed by atoms with van der Waals surface area (Å²) >= 11 is 0. The molecule has 0 spiro atoms. The predicted molar refractivity (Wildman–Crippen MR) is 266 cm³/mol. The highest BCUT2D eigenvalue weighted by atomic mass is 16.7. The minimum absolute atomic E-state index is 0.103. The van der Waals surface area contributed by atoms with Crippen molar-refractivity contribution in [2.45, 2.75) is 103 Å². The number of ether oxygens (including phenoxy) is 6. The van der Waals surface area contributed by atoms with E-state index in [9.17, 15) is 24.7 Å². The number of piperazine rings is 1. The van der Waals surface area contributed by atoms with Crippen LogP contribution in [0.4, 0.5) is 17.1 Å². The maximum Gasteiger partial charge on any atom is 0.411 e. The zero-order chi connectivity index (χ0) is 48.8. The summed E-state index contributed by atoms with van der Waals surface area (Å²) < 4.78 is 37.7. The average Bonchev–Trinajstić information content (AvgIpc) is 3.90. The van der Waals surface area contributed by atoms with Crippen molar-refractivity contribution < 1.29 is 53.1 Å². The summed E-state index contributed by atoms with van der Waals surface area (Å²) in [7, 11) is 0.573. The van der Waals surface area contributed by atoms with Gasteiger partial charge in [-0.2, -0.15) is 0 Å². The van der Waals surface area contributed by atoms with Crippen LogP contribution >= 0.6 is 0 Å². The van der Waals surface area contributed by atoms with Crippen molar-refractivity contribution in [2.75, 3.05) is 74.6 Å². The van der Waals surface area contributed by atoms with Gasteiger partial charge in [0.15, 0.2) is 29.3 Å². The molecule has 4 fully saturated rings. The van der Waals surface area contributed by atoms with E-state index in [0.29, 0.717) is 111 Å². The zero-order valence-electron chi connectivity index (χ0n) is 40.8. The number of methoxy groups -OCH3 is 2. The second-order valence-corrected chi connectivity index (χ2v) is 19.3. The lowest BCUT2D eigenvalue weighted by Gasteiger charge is -2.40. The lowest BCUT2D eigenvalue weighted by atomic mass is 9.80. The van der Waals surface area contributed by atoms with Crippen LogP contribution in [0.25, 0.3) is 0 Å². The highest BCUT2D eigenvalue weighted by Gasteiger charge is 2.48. The van der Waals surface area contributed by atoms with Crippen LogP contribution in [-0.2, 0) is 22.7 Å². The molecule has 4 saturated heterocycles. The quantitative estimate of drug-likeness (QED) is 0.149. The molecular formula is C49H65B3N6O11. The molecule has 0 radical (unpaired) electrons. The molecule has 69 heavy (non-hydrogen) atoms. The van der Waals surface area contributed by atoms with Gasteiger partial charge in [0.25, 0.3) is 11.8 Å². The van der Waals surface area contributed by atoms with Crippen molar-refractivity contribution in [3.8, 4) is 23.0 Å². The number of rotatable bonds is 14. The summed E-state index contributed by atoms with van der Waals surface area (Å²) in [6.45, 7) is 19.9. The van der Waals surface area contributed by atoms with E-state index < -0.39 is 39.7 Å². The molecule has 1 unspecified atom stereocenters. The summed E-state index contributed by atoms with van der Waals surface area (Å²) in [6, 6.07) is 12.3. The van der Waals surface area contributed by atoms with Gasteiger partial charge in [0.1, 0.15) is 19.4 Å². The fourth-order valence-electron chi connectivity index (χ4n) is 11.1. The number of amides is 2. The van der Waals surface area contributed by atoms with Gasteiger partial charge in [-0.05, 0) is 101 Å². The van der Waals surface area contributed by atoms with E-state index in [1.807, 2.05) is 27.5 Å². The molecule has 6 aliphatic rings. The lowest BCUT2D eigenvalue weighted by Crippen LogP contribution is -2.56. The van der Waals surface area contributed by atoms with Gasteiger partial charge in [-0.1, -0.05) is 24.3 Å². The molecule has 0 aromatic heterocycles. The normalized spacial score (nSPS) is 23.8. The van der Waals surface area contributed by atoms with E-state index in [4.69, 9.17) is 28.4 Å². The summed E-state index contributed by atoms with van der Waals surface area (Å²) in [5, 5.41) is 33.0. The Morgan fingerprint density at radius 2 is 1.22 bits per heavy atom. The van der Waals surface area contributed by atoms with Crippen LogP contribution in [0, 0.1) is 0 Å². The van der Waals surface area contributed by atoms with E-state index in [1.165, 1.54) is 7.11 Å². The van der Waals surface area contributed by atoms with E-state index in [2.05, 4.69) is 30.2 Å². The molecule has 2 amide bonds. The zero-order valence-corrected chi connectivity index (χ0v) is 40.8. The van der Waals surface area contributed by atoms with Gasteiger partial charge in [-0.15, -0.1) is 0 Å². The van der Waals surface area contributed by atoms with Crippen molar-refractivity contribution in [1.82, 2.24) is 14.6 Å². The molecule has 0 aliphatic carbocycles. The van der Waals surface area contributed by atoms with Crippen LogP contribution in [-0.4, -0.2) is 153 Å². The van der Waals surface area contributed by atoms with Gasteiger partial charge in [-0.3, -0.25) is 9.59 Å². The Morgan fingerprint density at radius 3 is 1.72 bits per heavy atom. The van der Waals surface area contributed by atoms with Gasteiger partial charge in [-0.25, -0.2) is 0 Å². The summed E-state index contributed by atoms with van der Waals surface area (Å²) in [6.07, 6.45) is 2.55. The molecular weight excluding hydrogens is 881 g/mol. The van der Waals surface area contributed by atoms with E-state index in [1.54, 1.807) is 61.6 Å². The number of anilines is 3. The minimum atomic E-state index is -1.05. The number of carbonyl (C=O) groups excluding carboxylic acids is 2. The summed E-state index contributed by atoms with van der Waals surface area (Å²) in [5.41, 5.74) is 6.28. The van der Waals surface area contributed by atoms with Gasteiger partial charge >= 0.3 is 21.2 Å². The largest absolute Gasteiger partial charge is 0.493 e. The SMILES string of the molecule is C=C1C[C@H]2[C@H](C)N(B(C)O)c3cc(OCc4cc(COc5cc6c(cc5OC)C(=O)N5CC(=C)C[C@H]5[C@H](OC5CCCCO5)N6B(C)O)cc(N5CCN(B(C)O)CC5)c4)c(OC)cc3C(=O)N2C1. The second-order valence-electron chi connectivity index (χ2n) is 19.3. The molecule has 0 saturated carbocycles. The standard InChI is InChI=1S/C49H65B3N6O11/c1-30-17-38-32(3)57(51(5)62)39-24-44(42(64-7)22-36(39)47(59)55(38)26-30)67-28-33-19-34(21-35(20-33)53-12-14-54(15-13-53)50(4)61)29-68-45-25-40-37(23-43(45)65-8)48(60)56-27-31(2)18-41(56)49(58(40)52(6)63)69-46-11-9-10-16-66-46/h19-25,32,38,41,46,49,61-63H,1-2,9-18,26-29H2,3-8H3/t32-,38-,41-,46?,49-/m0/s1. The molecule has 3 aromatic rings. The molecule has 0 bridgehead atoms. The second kappa shape index (κ2) is 20.2. The number of carbonyl (C=O) groups is 2. The third-order valence-corrected chi connectivity index (χ3v) is 14.6. The molecule has 366 valence electrons. The number of hydrogen-bond donors (Lipinski definition) is 3. The van der Waals surface area contributed by atoms with Crippen LogP contribution in [0.5, 0.6) is 23.0 Å². The number of hydrogen-bond acceptors (Lipinski definition) is 15. The Labute approximate surface area is 406 Å². The highest BCUT2D eigenvalue weighted by Crippen LogP contribution is 2.45. The Balaban J connectivity index is 1.04. The summed E-state index contributed by atoms with van der Waals surface area (Å²) in [4.78, 5) is 40.1. The molecule has 9 rings (SSSR count).